The van der Waals surface area contributed by atoms with E-state index < -0.39 is 24.2 Å². The normalized spacial score (nSPS) is 13.9. The second-order valence-corrected chi connectivity index (χ2v) is 25.7. The van der Waals surface area contributed by atoms with E-state index in [-0.39, 0.29) is 52.0 Å². The number of benzene rings is 14. The Bertz CT molecular complexity index is 6170. The van der Waals surface area contributed by atoms with Gasteiger partial charge in [-0.15, -0.1) is 0 Å². The Morgan fingerprint density at radius 2 is 0.817 bits per heavy atom. The summed E-state index contributed by atoms with van der Waals surface area (Å²) in [6.07, 6.45) is 0. The lowest BCUT2D eigenvalue weighted by Crippen LogP contribution is -2.61. The summed E-state index contributed by atoms with van der Waals surface area (Å²) < 4.78 is 72.5. The summed E-state index contributed by atoms with van der Waals surface area (Å²) in [5.74, 6) is 0. The largest absolute Gasteiger partial charge is 0.309 e. The fourth-order valence-corrected chi connectivity index (χ4v) is 15.5. The van der Waals surface area contributed by atoms with Crippen molar-refractivity contribution >= 4 is 117 Å². The molecule has 14 aromatic carbocycles. The second kappa shape index (κ2) is 20.4. The molecule has 3 aromatic heterocycles. The summed E-state index contributed by atoms with van der Waals surface area (Å²) in [7, 11) is 0. The van der Waals surface area contributed by atoms with E-state index in [0.29, 0.717) is 11.3 Å². The van der Waals surface area contributed by atoms with Crippen molar-refractivity contribution < 1.29 is 9.60 Å². The molecule has 0 N–H and O–H groups in total. The first-order valence-electron chi connectivity index (χ1n) is 35.5. The van der Waals surface area contributed by atoms with Gasteiger partial charge in [0.05, 0.1) is 59.9 Å². The lowest BCUT2D eigenvalue weighted by Gasteiger charge is -2.46. The zero-order valence-electron chi connectivity index (χ0n) is 58.3. The zero-order chi connectivity index (χ0) is 67.7. The van der Waals surface area contributed by atoms with E-state index >= 15 is 0 Å². The zero-order valence-corrected chi connectivity index (χ0v) is 51.3. The number of aromatic nitrogens is 2. The number of fused-ring (bicyclic) bond motifs is 15. The minimum Gasteiger partial charge on any atom is -0.309 e. The van der Waals surface area contributed by atoms with Crippen LogP contribution < -0.4 is 26.2 Å². The van der Waals surface area contributed by atoms with E-state index in [1.165, 1.54) is 0 Å². The molecule has 0 saturated heterocycles. The fraction of sp³-hybridized carbons (Fsp3) is 0.0455. The molecule has 0 amide bonds. The Hall–Kier alpha value is -11.7. The van der Waals surface area contributed by atoms with Crippen molar-refractivity contribution in [2.75, 3.05) is 9.80 Å². The third kappa shape index (κ3) is 7.87. The van der Waals surface area contributed by atoms with E-state index in [0.717, 1.165) is 144 Å². The van der Waals surface area contributed by atoms with Gasteiger partial charge < -0.3 is 18.8 Å². The molecular weight excluding hydrogens is 1120 g/mol. The Morgan fingerprint density at radius 3 is 1.34 bits per heavy atom. The van der Waals surface area contributed by atoms with Gasteiger partial charge in [0.2, 0.25) is 0 Å². The number of hydrogen-bond donors (Lipinski definition) is 0. The SMILES string of the molecule is [2H]c1c([2H])c([2H])c2c(c1[2H])c1c([2H])c([2H])c(C(C)(C)C)c([2H])c1n2-c1ccc2c(c1)N(c1c(-c3ccccc3)cccc1-c1ccccc1)c1c3c(c4c5ccccc5n5c6ccccc6c1c45)N(c1c(-c4ccccc4)cccc1-c1ccccc1)c1ccc(-c4ccccc4)cc1B23. The molecule has 0 aliphatic carbocycles. The Kier molecular flexibility index (Phi) is 10.2. The van der Waals surface area contributed by atoms with Crippen molar-refractivity contribution in [3.8, 4) is 61.3 Å². The van der Waals surface area contributed by atoms with Gasteiger partial charge in [-0.3, -0.25) is 0 Å². The Labute approximate surface area is 551 Å². The molecule has 0 spiro atoms. The van der Waals surface area contributed by atoms with Gasteiger partial charge in [-0.25, -0.2) is 0 Å². The lowest BCUT2D eigenvalue weighted by molar-refractivity contribution is 0.591. The van der Waals surface area contributed by atoms with Crippen molar-refractivity contribution in [2.24, 2.45) is 0 Å². The summed E-state index contributed by atoms with van der Waals surface area (Å²) in [5, 5.41) is 4.58. The molecule has 436 valence electrons. The molecule has 0 fully saturated rings. The van der Waals surface area contributed by atoms with Gasteiger partial charge in [0.25, 0.3) is 6.71 Å². The predicted octanol–water partition coefficient (Wildman–Crippen LogP) is 21.6. The predicted molar refractivity (Wildman–Crippen MR) is 395 cm³/mol. The van der Waals surface area contributed by atoms with E-state index in [9.17, 15) is 8.22 Å². The molecule has 17 aromatic rings. The molecule has 5 heterocycles. The minimum absolute atomic E-state index is 0.0117. The van der Waals surface area contributed by atoms with Crippen LogP contribution in [0, 0.1) is 0 Å². The van der Waals surface area contributed by atoms with Crippen molar-refractivity contribution in [3.05, 3.63) is 321 Å². The van der Waals surface area contributed by atoms with E-state index in [1.54, 1.807) is 0 Å². The van der Waals surface area contributed by atoms with Crippen LogP contribution in [0.15, 0.2) is 315 Å². The van der Waals surface area contributed by atoms with Crippen LogP contribution in [0.25, 0.3) is 121 Å². The Morgan fingerprint density at radius 1 is 0.344 bits per heavy atom. The third-order valence-electron chi connectivity index (χ3n) is 19.5. The van der Waals surface area contributed by atoms with Crippen molar-refractivity contribution in [2.45, 2.75) is 26.2 Å². The van der Waals surface area contributed by atoms with Crippen LogP contribution >= 0.6 is 0 Å². The summed E-state index contributed by atoms with van der Waals surface area (Å²) >= 11 is 0. The summed E-state index contributed by atoms with van der Waals surface area (Å²) in [4.78, 5) is 5.15. The van der Waals surface area contributed by atoms with Gasteiger partial charge in [0, 0.05) is 71.6 Å². The van der Waals surface area contributed by atoms with Crippen LogP contribution in [0.3, 0.4) is 0 Å². The molecule has 0 unspecified atom stereocenters. The van der Waals surface area contributed by atoms with Crippen molar-refractivity contribution in [3.63, 3.8) is 0 Å². The maximum absolute atomic E-state index is 10.4. The minimum atomic E-state index is -0.783. The van der Waals surface area contributed by atoms with Gasteiger partial charge >= 0.3 is 0 Å². The van der Waals surface area contributed by atoms with Gasteiger partial charge in [-0.1, -0.05) is 294 Å². The van der Waals surface area contributed by atoms with Gasteiger partial charge in [-0.2, -0.15) is 0 Å². The summed E-state index contributed by atoms with van der Waals surface area (Å²) in [5.41, 5.74) is 22.9. The first-order chi connectivity index (χ1) is 48.8. The van der Waals surface area contributed by atoms with Crippen LogP contribution in [0.4, 0.5) is 34.1 Å². The average Bonchev–Trinajstić information content (AvgIpc) is 1.39. The van der Waals surface area contributed by atoms with Crippen LogP contribution in [0.5, 0.6) is 0 Å². The molecule has 93 heavy (non-hydrogen) atoms. The van der Waals surface area contributed by atoms with E-state index in [1.807, 2.05) is 25.3 Å². The number of anilines is 6. The monoisotopic (exact) mass is 1190 g/mol. The second-order valence-electron chi connectivity index (χ2n) is 25.7. The number of rotatable bonds is 8. The van der Waals surface area contributed by atoms with E-state index in [2.05, 4.69) is 287 Å². The molecule has 0 atom stereocenters. The topological polar surface area (TPSA) is 15.8 Å². The van der Waals surface area contributed by atoms with Gasteiger partial charge in [0.1, 0.15) is 0 Å². The standard InChI is InChI=1S/C88H61BN4/c1-88(2,3)62-48-50-69-68-37-19-22-44-74(68)90(78(69)54-62)63-49-51-72-79(55-63)93(84-66(59-33-15-7-16-34-59)42-26-43-67(84)60-35-17-8-18-36-60)87-81-71-39-21-24-46-76(71)91-75-45-23-20-38-70(75)80(85(81)91)86-82(87)89(72)73-53-61(56-27-9-4-10-28-56)47-52-77(73)92(86)83-64(57-29-11-5-12-30-57)40-25-41-65(83)58-31-13-6-14-32-58/h4-55H,1-3H3/i19D,22D,37D,44D,48D,50D,54D. The summed E-state index contributed by atoms with van der Waals surface area (Å²) in [6, 6.07) is 96.1. The number of hydrogen-bond acceptors (Lipinski definition) is 2. The Balaban J connectivity index is 1.07. The molecule has 5 heteroatoms. The van der Waals surface area contributed by atoms with Crippen molar-refractivity contribution in [1.82, 2.24) is 8.97 Å². The molecular formula is C88H61BN4. The van der Waals surface area contributed by atoms with Crippen molar-refractivity contribution in [1.29, 1.82) is 0 Å². The number of nitrogens with zero attached hydrogens (tertiary/aromatic N) is 4. The maximum Gasteiger partial charge on any atom is 0.252 e. The highest BCUT2D eigenvalue weighted by Crippen LogP contribution is 2.59. The van der Waals surface area contributed by atoms with Crippen LogP contribution in [0.2, 0.25) is 0 Å². The average molecular weight is 1190 g/mol. The quantitative estimate of drug-likeness (QED) is 0.141. The molecule has 2 aliphatic heterocycles. The third-order valence-corrected chi connectivity index (χ3v) is 19.5. The van der Waals surface area contributed by atoms with Crippen LogP contribution in [-0.4, -0.2) is 15.7 Å². The fourth-order valence-electron chi connectivity index (χ4n) is 15.5. The molecule has 0 bridgehead atoms. The molecule has 2 aliphatic rings. The van der Waals surface area contributed by atoms with Gasteiger partial charge in [0.15, 0.2) is 0 Å². The van der Waals surface area contributed by atoms with Gasteiger partial charge in [-0.05, 0) is 103 Å². The van der Waals surface area contributed by atoms with Crippen LogP contribution in [0.1, 0.15) is 35.9 Å². The highest BCUT2D eigenvalue weighted by molar-refractivity contribution is 7.01. The van der Waals surface area contributed by atoms with E-state index in [4.69, 9.17) is 1.37 Å². The highest BCUT2D eigenvalue weighted by Gasteiger charge is 2.48. The molecule has 19 rings (SSSR count). The first kappa shape index (κ1) is 46.4. The highest BCUT2D eigenvalue weighted by atomic mass is 15.2. The molecule has 4 nitrogen and oxygen atoms in total. The molecule has 0 saturated carbocycles. The first-order valence-corrected chi connectivity index (χ1v) is 32.0. The summed E-state index contributed by atoms with van der Waals surface area (Å²) in [6.45, 7) is 5.33. The lowest BCUT2D eigenvalue weighted by atomic mass is 9.33. The molecule has 0 radical (unpaired) electrons. The number of para-hydroxylation sites is 5. The smallest absolute Gasteiger partial charge is 0.252 e. The maximum atomic E-state index is 10.4. The van der Waals surface area contributed by atoms with Crippen LogP contribution in [-0.2, 0) is 5.41 Å².